The van der Waals surface area contributed by atoms with Gasteiger partial charge >= 0.3 is 5.97 Å². The molecule has 0 bridgehead atoms. The van der Waals surface area contributed by atoms with Gasteiger partial charge < -0.3 is 20.1 Å². The van der Waals surface area contributed by atoms with Crippen LogP contribution in [0.4, 0.5) is 8.78 Å². The minimum atomic E-state index is -2.44. The van der Waals surface area contributed by atoms with Crippen LogP contribution in [0.1, 0.15) is 78.6 Å². The number of hydrogen-bond acceptors (Lipinski definition) is 8. The Hall–Kier alpha value is -1.36. The highest BCUT2D eigenvalue weighted by molar-refractivity contribution is 8.01. The number of ketones is 2. The van der Waals surface area contributed by atoms with Gasteiger partial charge in [-0.1, -0.05) is 27.2 Å². The first kappa shape index (κ1) is 29.1. The standard InChI is InChI=1S/C29H40F2O7S/c1-4-8-28(36,37)27(23(34)15-39-21-7-11-38-24(21)35)10-6-17-18-13-20(30)19-12-16(32)5-9-25(19,2)29(18,31)22(33)14-26(17,27)3/h12,17-18,20-22,33,36-37H,4-11,13-15H2,1-3H3/t17-,18-,20?,21?,22?,25-,26-,27-,29-/m0/s1. The molecule has 0 aromatic rings. The van der Waals surface area contributed by atoms with E-state index in [9.17, 15) is 29.7 Å². The maximum absolute atomic E-state index is 17.5. The Morgan fingerprint density at radius 3 is 2.56 bits per heavy atom. The van der Waals surface area contributed by atoms with Crippen molar-refractivity contribution in [3.05, 3.63) is 11.6 Å². The van der Waals surface area contributed by atoms with Crippen molar-refractivity contribution in [2.45, 2.75) is 108 Å². The number of rotatable bonds is 7. The number of halogens is 2. The van der Waals surface area contributed by atoms with E-state index in [0.717, 1.165) is 11.8 Å². The number of carbonyl (C=O) groups is 3. The fourth-order valence-electron chi connectivity index (χ4n) is 9.42. The molecule has 9 atom stereocenters. The van der Waals surface area contributed by atoms with Crippen LogP contribution in [0.3, 0.4) is 0 Å². The van der Waals surface area contributed by atoms with E-state index in [2.05, 4.69) is 0 Å². The van der Waals surface area contributed by atoms with Crippen molar-refractivity contribution < 1.29 is 43.2 Å². The van der Waals surface area contributed by atoms with Crippen molar-refractivity contribution in [2.24, 2.45) is 28.1 Å². The lowest BCUT2D eigenvalue weighted by molar-refractivity contribution is -0.290. The first-order chi connectivity index (χ1) is 18.2. The molecule has 0 amide bonds. The second-order valence-electron chi connectivity index (χ2n) is 12.9. The van der Waals surface area contributed by atoms with E-state index in [1.807, 2.05) is 0 Å². The topological polar surface area (TPSA) is 121 Å². The normalized spacial score (nSPS) is 45.7. The fraction of sp³-hybridized carbons (Fsp3) is 0.828. The van der Waals surface area contributed by atoms with Gasteiger partial charge in [-0.15, -0.1) is 11.8 Å². The van der Waals surface area contributed by atoms with Crippen molar-refractivity contribution in [3.8, 4) is 0 Å². The van der Waals surface area contributed by atoms with E-state index >= 15 is 8.78 Å². The summed E-state index contributed by atoms with van der Waals surface area (Å²) in [5, 5.41) is 34.3. The Labute approximate surface area is 232 Å². The molecule has 3 saturated carbocycles. The molecule has 3 unspecified atom stereocenters. The number of aliphatic hydroxyl groups excluding tert-OH is 1. The molecule has 218 valence electrons. The first-order valence-corrected chi connectivity index (χ1v) is 15.3. The predicted octanol–water partition coefficient (Wildman–Crippen LogP) is 3.61. The summed E-state index contributed by atoms with van der Waals surface area (Å²) in [5.74, 6) is -5.26. The summed E-state index contributed by atoms with van der Waals surface area (Å²) in [7, 11) is 0. The van der Waals surface area contributed by atoms with Crippen molar-refractivity contribution >= 4 is 29.3 Å². The van der Waals surface area contributed by atoms with Gasteiger partial charge in [0.15, 0.2) is 17.4 Å². The lowest BCUT2D eigenvalue weighted by atomic mass is 9.41. The molecule has 5 aliphatic rings. The van der Waals surface area contributed by atoms with Crippen LogP contribution in [0.15, 0.2) is 11.6 Å². The minimum Gasteiger partial charge on any atom is -0.465 e. The molecule has 5 rings (SSSR count). The third-order valence-electron chi connectivity index (χ3n) is 11.3. The van der Waals surface area contributed by atoms with Crippen molar-refractivity contribution in [3.63, 3.8) is 0 Å². The summed E-state index contributed by atoms with van der Waals surface area (Å²) in [6, 6.07) is 0. The van der Waals surface area contributed by atoms with Crippen LogP contribution in [-0.2, 0) is 19.1 Å². The summed E-state index contributed by atoms with van der Waals surface area (Å²) in [5.41, 5.74) is -6.47. The van der Waals surface area contributed by atoms with Gasteiger partial charge in [-0.3, -0.25) is 14.4 Å². The maximum atomic E-state index is 17.5. The number of carbonyl (C=O) groups excluding carboxylic acids is 3. The number of alkyl halides is 2. The fourth-order valence-corrected chi connectivity index (χ4v) is 10.5. The number of hydrogen-bond donors (Lipinski definition) is 3. The Bertz CT molecular complexity index is 1100. The number of fused-ring (bicyclic) bond motifs is 5. The van der Waals surface area contributed by atoms with E-state index in [1.165, 1.54) is 6.08 Å². The molecule has 0 aromatic heterocycles. The Balaban J connectivity index is 1.56. The molecule has 4 fully saturated rings. The highest BCUT2D eigenvalue weighted by atomic mass is 32.2. The number of ether oxygens (including phenoxy) is 1. The number of Topliss-reactive ketones (excluding diaryl/α,β-unsaturated/α-hetero) is 1. The monoisotopic (exact) mass is 570 g/mol. The van der Waals surface area contributed by atoms with Gasteiger partial charge in [0.1, 0.15) is 17.1 Å². The lowest BCUT2D eigenvalue weighted by Gasteiger charge is -2.65. The van der Waals surface area contributed by atoms with E-state index in [1.54, 1.807) is 20.8 Å². The molecular formula is C29H40F2O7S. The Kier molecular flexibility index (Phi) is 7.17. The zero-order valence-electron chi connectivity index (χ0n) is 22.9. The van der Waals surface area contributed by atoms with Gasteiger partial charge in [-0.05, 0) is 55.1 Å². The van der Waals surface area contributed by atoms with Gasteiger partial charge in [0.2, 0.25) is 0 Å². The van der Waals surface area contributed by atoms with Crippen LogP contribution in [0.5, 0.6) is 0 Å². The number of aliphatic hydroxyl groups is 3. The van der Waals surface area contributed by atoms with Crippen LogP contribution in [0.25, 0.3) is 0 Å². The van der Waals surface area contributed by atoms with Gasteiger partial charge in [0.25, 0.3) is 0 Å². The first-order valence-electron chi connectivity index (χ1n) is 14.2. The largest absolute Gasteiger partial charge is 0.465 e. The molecule has 1 aliphatic heterocycles. The minimum absolute atomic E-state index is 0.0593. The molecule has 7 nitrogen and oxygen atoms in total. The summed E-state index contributed by atoms with van der Waals surface area (Å²) < 4.78 is 38.2. The number of allylic oxidation sites excluding steroid dienone is 1. The Morgan fingerprint density at radius 1 is 1.21 bits per heavy atom. The van der Waals surface area contributed by atoms with Crippen molar-refractivity contribution in [1.82, 2.24) is 0 Å². The number of esters is 1. The molecule has 0 aromatic carbocycles. The predicted molar refractivity (Wildman–Crippen MR) is 140 cm³/mol. The van der Waals surface area contributed by atoms with Gasteiger partial charge in [-0.2, -0.15) is 0 Å². The molecule has 3 N–H and O–H groups in total. The van der Waals surface area contributed by atoms with E-state index in [0.29, 0.717) is 12.8 Å². The van der Waals surface area contributed by atoms with Crippen LogP contribution < -0.4 is 0 Å². The molecule has 10 heteroatoms. The second kappa shape index (κ2) is 9.60. The highest BCUT2D eigenvalue weighted by Crippen LogP contribution is 2.74. The second-order valence-corrected chi connectivity index (χ2v) is 14.1. The summed E-state index contributed by atoms with van der Waals surface area (Å²) in [6.07, 6.45) is -1.18. The third-order valence-corrected chi connectivity index (χ3v) is 12.5. The van der Waals surface area contributed by atoms with Gasteiger partial charge in [0.05, 0.1) is 23.9 Å². The van der Waals surface area contributed by atoms with Crippen LogP contribution >= 0.6 is 11.8 Å². The van der Waals surface area contributed by atoms with Gasteiger partial charge in [0, 0.05) is 30.6 Å². The highest BCUT2D eigenvalue weighted by Gasteiger charge is 2.78. The van der Waals surface area contributed by atoms with Crippen LogP contribution in [0.2, 0.25) is 0 Å². The Morgan fingerprint density at radius 2 is 1.92 bits per heavy atom. The quantitative estimate of drug-likeness (QED) is 0.314. The average molecular weight is 571 g/mol. The maximum Gasteiger partial charge on any atom is 0.319 e. The number of cyclic esters (lactones) is 1. The SMILES string of the molecule is CCCC(O)(O)[C@]1(C(=O)CSC2CCOC2=O)CC[C@H]2[C@@H]3CC(F)C4=CC(=O)CC[C@]4(C)[C@@]3(F)C(O)C[C@@]21C. The molecule has 4 aliphatic carbocycles. The summed E-state index contributed by atoms with van der Waals surface area (Å²) in [4.78, 5) is 38.3. The van der Waals surface area contributed by atoms with E-state index < -0.39 is 68.8 Å². The number of thioether (sulfide) groups is 1. The third kappa shape index (κ3) is 3.79. The van der Waals surface area contributed by atoms with Crippen molar-refractivity contribution in [2.75, 3.05) is 12.4 Å². The van der Waals surface area contributed by atoms with Crippen LogP contribution in [-0.4, -0.2) is 74.2 Å². The van der Waals surface area contributed by atoms with E-state index in [-0.39, 0.29) is 68.7 Å². The van der Waals surface area contributed by atoms with Crippen LogP contribution in [0, 0.1) is 28.1 Å². The molecule has 1 saturated heterocycles. The molecule has 0 radical (unpaired) electrons. The lowest BCUT2D eigenvalue weighted by Crippen LogP contribution is -2.72. The zero-order valence-corrected chi connectivity index (χ0v) is 23.7. The van der Waals surface area contributed by atoms with Crippen molar-refractivity contribution in [1.29, 1.82) is 0 Å². The summed E-state index contributed by atoms with van der Waals surface area (Å²) >= 11 is 1.11. The molecule has 0 spiro atoms. The molecule has 39 heavy (non-hydrogen) atoms. The zero-order chi connectivity index (χ0) is 28.6. The smallest absolute Gasteiger partial charge is 0.319 e. The average Bonchev–Trinajstić information content (AvgIpc) is 3.41. The summed E-state index contributed by atoms with van der Waals surface area (Å²) in [6.45, 7) is 5.36. The molecular weight excluding hydrogens is 530 g/mol. The molecule has 1 heterocycles. The van der Waals surface area contributed by atoms with E-state index in [4.69, 9.17) is 4.74 Å². The van der Waals surface area contributed by atoms with Gasteiger partial charge in [-0.25, -0.2) is 8.78 Å².